The molecule has 0 spiro atoms. The van der Waals surface area contributed by atoms with Gasteiger partial charge in [-0.25, -0.2) is 0 Å². The van der Waals surface area contributed by atoms with E-state index >= 15 is 0 Å². The third-order valence-corrected chi connectivity index (χ3v) is 3.08. The maximum Gasteiger partial charge on any atom is 0.144 e. The van der Waals surface area contributed by atoms with E-state index in [0.717, 1.165) is 16.7 Å². The molecule has 0 saturated carbocycles. The zero-order valence-electron chi connectivity index (χ0n) is 11.5. The lowest BCUT2D eigenvalue weighted by Gasteiger charge is -2.04. The van der Waals surface area contributed by atoms with Crippen LogP contribution in [0.3, 0.4) is 0 Å². The highest BCUT2D eigenvalue weighted by Crippen LogP contribution is 2.26. The molecule has 1 aromatic heterocycles. The molecule has 5 heteroatoms. The Morgan fingerprint density at radius 1 is 1.10 bits per heavy atom. The van der Waals surface area contributed by atoms with Crippen molar-refractivity contribution in [1.82, 2.24) is 15.0 Å². The summed E-state index contributed by atoms with van der Waals surface area (Å²) in [4.78, 5) is 1.61. The molecular weight excluding hydrogens is 252 g/mol. The van der Waals surface area contributed by atoms with E-state index in [0.29, 0.717) is 18.0 Å². The van der Waals surface area contributed by atoms with Crippen molar-refractivity contribution in [2.45, 2.75) is 13.8 Å². The molecule has 0 aliphatic carbocycles. The molecule has 0 unspecified atom stereocenters. The van der Waals surface area contributed by atoms with Crippen LogP contribution in [-0.4, -0.2) is 21.6 Å². The van der Waals surface area contributed by atoms with Gasteiger partial charge in [-0.3, -0.25) is 0 Å². The average Bonchev–Trinajstić information content (AvgIpc) is 2.83. The van der Waals surface area contributed by atoms with Gasteiger partial charge >= 0.3 is 0 Å². The number of benzene rings is 2. The maximum atomic E-state index is 5.94. The van der Waals surface area contributed by atoms with Gasteiger partial charge in [0, 0.05) is 6.07 Å². The number of aromatic nitrogens is 3. The molecule has 0 amide bonds. The van der Waals surface area contributed by atoms with E-state index in [1.165, 1.54) is 5.56 Å². The number of hydrogen-bond donors (Lipinski definition) is 1. The highest BCUT2D eigenvalue weighted by Gasteiger charge is 2.09. The molecule has 1 heterocycles. The Morgan fingerprint density at radius 2 is 1.75 bits per heavy atom. The highest BCUT2D eigenvalue weighted by molar-refractivity contribution is 5.81. The van der Waals surface area contributed by atoms with E-state index in [2.05, 4.69) is 10.2 Å². The molecule has 5 nitrogen and oxygen atoms in total. The van der Waals surface area contributed by atoms with Crippen LogP contribution >= 0.6 is 0 Å². The summed E-state index contributed by atoms with van der Waals surface area (Å²) in [7, 11) is 0. The van der Waals surface area contributed by atoms with E-state index in [1.54, 1.807) is 10.9 Å². The first-order valence-corrected chi connectivity index (χ1v) is 6.54. The summed E-state index contributed by atoms with van der Waals surface area (Å²) in [5.41, 5.74) is 10.2. The number of nitrogens with two attached hydrogens (primary N) is 1. The fourth-order valence-corrected chi connectivity index (χ4v) is 2.03. The molecule has 3 rings (SSSR count). The third kappa shape index (κ3) is 2.18. The van der Waals surface area contributed by atoms with Gasteiger partial charge in [0.2, 0.25) is 0 Å². The molecule has 3 aromatic rings. The van der Waals surface area contributed by atoms with Gasteiger partial charge in [0.1, 0.15) is 16.8 Å². The second-order valence-corrected chi connectivity index (χ2v) is 4.64. The van der Waals surface area contributed by atoms with E-state index in [1.807, 2.05) is 44.2 Å². The quantitative estimate of drug-likeness (QED) is 0.742. The smallest absolute Gasteiger partial charge is 0.144 e. The predicted octanol–water partition coefficient (Wildman–Crippen LogP) is 2.71. The Labute approximate surface area is 117 Å². The number of ether oxygens (including phenoxy) is 1. The predicted molar refractivity (Wildman–Crippen MR) is 79.2 cm³/mol. The van der Waals surface area contributed by atoms with Crippen LogP contribution in [-0.2, 0) is 0 Å². The van der Waals surface area contributed by atoms with Crippen LogP contribution in [0.5, 0.6) is 5.75 Å². The molecule has 0 radical (unpaired) electrons. The van der Waals surface area contributed by atoms with E-state index in [4.69, 9.17) is 10.5 Å². The van der Waals surface area contributed by atoms with Crippen LogP contribution in [0.25, 0.3) is 16.7 Å². The van der Waals surface area contributed by atoms with Gasteiger partial charge in [-0.2, -0.15) is 4.80 Å². The molecule has 2 aromatic carbocycles. The molecule has 0 saturated heterocycles. The van der Waals surface area contributed by atoms with Crippen molar-refractivity contribution >= 4 is 16.7 Å². The molecule has 0 aliphatic heterocycles. The third-order valence-electron chi connectivity index (χ3n) is 3.08. The second-order valence-electron chi connectivity index (χ2n) is 4.64. The van der Waals surface area contributed by atoms with Crippen molar-refractivity contribution in [2.75, 3.05) is 12.3 Å². The lowest BCUT2D eigenvalue weighted by Crippen LogP contribution is -1.97. The molecular formula is C15H16N4O. The molecule has 102 valence electrons. The summed E-state index contributed by atoms with van der Waals surface area (Å²) >= 11 is 0. The zero-order valence-corrected chi connectivity index (χ0v) is 11.5. The number of rotatable bonds is 3. The van der Waals surface area contributed by atoms with E-state index in [9.17, 15) is 0 Å². The van der Waals surface area contributed by atoms with Gasteiger partial charge in [0.05, 0.1) is 18.0 Å². The number of hydrogen-bond acceptors (Lipinski definition) is 4. The Bertz CT molecular complexity index is 746. The monoisotopic (exact) mass is 268 g/mol. The van der Waals surface area contributed by atoms with Crippen molar-refractivity contribution in [1.29, 1.82) is 0 Å². The van der Waals surface area contributed by atoms with Crippen LogP contribution in [0, 0.1) is 6.92 Å². The van der Waals surface area contributed by atoms with Crippen molar-refractivity contribution in [3.8, 4) is 11.4 Å². The van der Waals surface area contributed by atoms with Crippen LogP contribution in [0.2, 0.25) is 0 Å². The molecule has 2 N–H and O–H groups in total. The first-order chi connectivity index (χ1) is 9.67. The Kier molecular flexibility index (Phi) is 3.02. The molecule has 0 aliphatic rings. The van der Waals surface area contributed by atoms with Crippen LogP contribution in [0.4, 0.5) is 5.69 Å². The molecule has 0 atom stereocenters. The van der Waals surface area contributed by atoms with E-state index in [-0.39, 0.29) is 0 Å². The first kappa shape index (κ1) is 12.5. The maximum absolute atomic E-state index is 5.94. The van der Waals surface area contributed by atoms with Crippen LogP contribution in [0.1, 0.15) is 12.5 Å². The lowest BCUT2D eigenvalue weighted by molar-refractivity contribution is 0.342. The van der Waals surface area contributed by atoms with Crippen LogP contribution in [0.15, 0.2) is 36.4 Å². The summed E-state index contributed by atoms with van der Waals surface area (Å²) < 4.78 is 5.47. The van der Waals surface area contributed by atoms with Crippen LogP contribution < -0.4 is 10.5 Å². The molecule has 20 heavy (non-hydrogen) atoms. The van der Waals surface area contributed by atoms with Gasteiger partial charge in [-0.15, -0.1) is 10.2 Å². The number of nitrogens with zero attached hydrogens (tertiary/aromatic N) is 3. The minimum Gasteiger partial charge on any atom is -0.492 e. The van der Waals surface area contributed by atoms with E-state index < -0.39 is 0 Å². The average molecular weight is 268 g/mol. The van der Waals surface area contributed by atoms with Crippen molar-refractivity contribution in [2.24, 2.45) is 0 Å². The molecule has 0 fully saturated rings. The van der Waals surface area contributed by atoms with Gasteiger partial charge in [0.25, 0.3) is 0 Å². The Morgan fingerprint density at radius 3 is 2.40 bits per heavy atom. The summed E-state index contributed by atoms with van der Waals surface area (Å²) in [6, 6.07) is 11.7. The number of nitrogen functional groups attached to an aromatic ring is 1. The first-order valence-electron chi connectivity index (χ1n) is 6.54. The second kappa shape index (κ2) is 4.85. The van der Waals surface area contributed by atoms with Gasteiger partial charge < -0.3 is 10.5 Å². The fraction of sp³-hybridized carbons (Fsp3) is 0.200. The number of anilines is 1. The largest absolute Gasteiger partial charge is 0.492 e. The van der Waals surface area contributed by atoms with Crippen molar-refractivity contribution < 1.29 is 4.74 Å². The van der Waals surface area contributed by atoms with Crippen molar-refractivity contribution in [3.63, 3.8) is 0 Å². The summed E-state index contributed by atoms with van der Waals surface area (Å²) in [5, 5.41) is 8.91. The number of fused-ring (bicyclic) bond motifs is 1. The molecule has 0 bridgehead atoms. The summed E-state index contributed by atoms with van der Waals surface area (Å²) in [6.45, 7) is 4.54. The standard InChI is InChI=1S/C15H16N4O/c1-3-20-15-9-14-13(8-12(15)16)17-19(18-14)11-6-4-10(2)5-7-11/h4-9H,3,16H2,1-2H3. The Balaban J connectivity index is 2.08. The van der Waals surface area contributed by atoms with Gasteiger partial charge in [-0.1, -0.05) is 17.7 Å². The lowest BCUT2D eigenvalue weighted by atomic mass is 10.2. The highest BCUT2D eigenvalue weighted by atomic mass is 16.5. The van der Waals surface area contributed by atoms with Gasteiger partial charge in [0.15, 0.2) is 0 Å². The summed E-state index contributed by atoms with van der Waals surface area (Å²) in [6.07, 6.45) is 0. The minimum absolute atomic E-state index is 0.571. The Hall–Kier alpha value is -2.56. The summed E-state index contributed by atoms with van der Waals surface area (Å²) in [5.74, 6) is 0.649. The number of aryl methyl sites for hydroxylation is 1. The minimum atomic E-state index is 0.571. The van der Waals surface area contributed by atoms with Crippen molar-refractivity contribution in [3.05, 3.63) is 42.0 Å². The SMILES string of the molecule is CCOc1cc2nn(-c3ccc(C)cc3)nc2cc1N. The fourth-order valence-electron chi connectivity index (χ4n) is 2.03. The zero-order chi connectivity index (χ0) is 14.1. The topological polar surface area (TPSA) is 66.0 Å². The normalized spacial score (nSPS) is 10.9. The van der Waals surface area contributed by atoms with Gasteiger partial charge in [-0.05, 0) is 32.0 Å².